The van der Waals surface area contributed by atoms with Gasteiger partial charge in [-0.25, -0.2) is 0 Å². The summed E-state index contributed by atoms with van der Waals surface area (Å²) in [5.41, 5.74) is 5.62. The van der Waals surface area contributed by atoms with Crippen LogP contribution in [0.2, 0.25) is 0 Å². The van der Waals surface area contributed by atoms with Crippen molar-refractivity contribution in [2.75, 3.05) is 13.1 Å². The number of aryl methyl sites for hydroxylation is 3. The molecule has 1 heterocycles. The number of benzene rings is 1. The Hall–Kier alpha value is -1.60. The van der Waals surface area contributed by atoms with E-state index in [0.29, 0.717) is 6.04 Å². The Morgan fingerprint density at radius 1 is 1.17 bits per heavy atom. The largest absolute Gasteiger partial charge is 0.297 e. The highest BCUT2D eigenvalue weighted by Crippen LogP contribution is 2.21. The third-order valence-corrected chi connectivity index (χ3v) is 5.10. The van der Waals surface area contributed by atoms with Crippen LogP contribution in [0.1, 0.15) is 42.4 Å². The second kappa shape index (κ2) is 7.79. The standard InChI is InChI=1S/C22H29N/c1-18-9-12-21(19(2)17-18)8-4-3-7-20-10-13-22(14-11-20)23-15-5-6-16-23/h3,7,9-13,17,22H,4-6,8,14-16H2,1-2H3/b7-3-. The highest BCUT2D eigenvalue weighted by atomic mass is 15.2. The number of rotatable bonds is 5. The van der Waals surface area contributed by atoms with Crippen molar-refractivity contribution in [3.63, 3.8) is 0 Å². The van der Waals surface area contributed by atoms with Crippen LogP contribution in [-0.2, 0) is 6.42 Å². The maximum absolute atomic E-state index is 2.62. The van der Waals surface area contributed by atoms with E-state index in [9.17, 15) is 0 Å². The molecule has 3 rings (SSSR count). The van der Waals surface area contributed by atoms with E-state index in [-0.39, 0.29) is 0 Å². The molecule has 1 unspecified atom stereocenters. The number of hydrogen-bond donors (Lipinski definition) is 0. The Morgan fingerprint density at radius 2 is 2.00 bits per heavy atom. The Kier molecular flexibility index (Phi) is 5.51. The van der Waals surface area contributed by atoms with Gasteiger partial charge in [0.25, 0.3) is 0 Å². The molecular weight excluding hydrogens is 278 g/mol. The van der Waals surface area contributed by atoms with E-state index in [1.807, 2.05) is 0 Å². The van der Waals surface area contributed by atoms with Crippen LogP contribution in [0.5, 0.6) is 0 Å². The van der Waals surface area contributed by atoms with Crippen molar-refractivity contribution in [3.8, 4) is 0 Å². The fourth-order valence-corrected chi connectivity index (χ4v) is 3.68. The van der Waals surface area contributed by atoms with E-state index in [2.05, 4.69) is 67.3 Å². The maximum Gasteiger partial charge on any atom is 0.0316 e. The number of likely N-dealkylation sites (tertiary alicyclic amines) is 1. The molecule has 122 valence electrons. The fourth-order valence-electron chi connectivity index (χ4n) is 3.68. The third kappa shape index (κ3) is 4.45. The summed E-state index contributed by atoms with van der Waals surface area (Å²) in [5.74, 6) is 0. The highest BCUT2D eigenvalue weighted by molar-refractivity contribution is 5.35. The van der Waals surface area contributed by atoms with Gasteiger partial charge >= 0.3 is 0 Å². The van der Waals surface area contributed by atoms with Crippen LogP contribution >= 0.6 is 0 Å². The average molecular weight is 307 g/mol. The second-order valence-corrected chi connectivity index (χ2v) is 6.98. The Bertz CT molecular complexity index is 615. The zero-order chi connectivity index (χ0) is 16.1. The molecule has 1 aliphatic carbocycles. The van der Waals surface area contributed by atoms with Crippen molar-refractivity contribution >= 4 is 0 Å². The maximum atomic E-state index is 2.62. The molecule has 0 spiro atoms. The summed E-state index contributed by atoms with van der Waals surface area (Å²) in [6.45, 7) is 6.94. The van der Waals surface area contributed by atoms with Crippen molar-refractivity contribution in [1.82, 2.24) is 4.90 Å². The quantitative estimate of drug-likeness (QED) is 0.728. The number of allylic oxidation sites excluding steroid dienone is 4. The van der Waals surface area contributed by atoms with Gasteiger partial charge < -0.3 is 0 Å². The number of nitrogens with zero attached hydrogens (tertiary/aromatic N) is 1. The molecule has 0 N–H and O–H groups in total. The van der Waals surface area contributed by atoms with Gasteiger partial charge in [-0.15, -0.1) is 0 Å². The summed E-state index contributed by atoms with van der Waals surface area (Å²) in [5, 5.41) is 0. The normalized spacial score (nSPS) is 22.0. The van der Waals surface area contributed by atoms with Crippen LogP contribution in [0, 0.1) is 13.8 Å². The molecule has 1 atom stereocenters. The first-order valence-electron chi connectivity index (χ1n) is 9.07. The van der Waals surface area contributed by atoms with Crippen molar-refractivity contribution in [3.05, 3.63) is 70.8 Å². The molecule has 1 saturated heterocycles. The molecule has 2 aliphatic rings. The Balaban J connectivity index is 1.46. The lowest BCUT2D eigenvalue weighted by Gasteiger charge is -2.25. The van der Waals surface area contributed by atoms with Crippen molar-refractivity contribution in [1.29, 1.82) is 0 Å². The van der Waals surface area contributed by atoms with Gasteiger partial charge in [0, 0.05) is 6.04 Å². The van der Waals surface area contributed by atoms with Gasteiger partial charge in [0.1, 0.15) is 0 Å². The average Bonchev–Trinajstić information content (AvgIpc) is 3.08. The van der Waals surface area contributed by atoms with E-state index >= 15 is 0 Å². The smallest absolute Gasteiger partial charge is 0.0316 e. The first kappa shape index (κ1) is 16.3. The molecule has 1 aromatic rings. The minimum absolute atomic E-state index is 0.643. The summed E-state index contributed by atoms with van der Waals surface area (Å²) in [6.07, 6.45) is 17.9. The topological polar surface area (TPSA) is 3.24 Å². The molecule has 23 heavy (non-hydrogen) atoms. The summed E-state index contributed by atoms with van der Waals surface area (Å²) >= 11 is 0. The first-order chi connectivity index (χ1) is 11.2. The van der Waals surface area contributed by atoms with Gasteiger partial charge in [0.05, 0.1) is 0 Å². The van der Waals surface area contributed by atoms with Crippen LogP contribution in [0.25, 0.3) is 0 Å². The van der Waals surface area contributed by atoms with Crippen LogP contribution in [0.15, 0.2) is 54.2 Å². The molecular formula is C22H29N. The molecule has 1 fully saturated rings. The Morgan fingerprint density at radius 3 is 2.70 bits per heavy atom. The van der Waals surface area contributed by atoms with Crippen molar-refractivity contribution in [2.24, 2.45) is 0 Å². The predicted octanol–water partition coefficient (Wildman–Crippen LogP) is 5.14. The zero-order valence-corrected chi connectivity index (χ0v) is 14.6. The van der Waals surface area contributed by atoms with Crippen LogP contribution in [0.4, 0.5) is 0 Å². The lowest BCUT2D eigenvalue weighted by Crippen LogP contribution is -2.31. The lowest BCUT2D eigenvalue weighted by atomic mass is 9.99. The molecule has 0 radical (unpaired) electrons. The molecule has 0 bridgehead atoms. The number of hydrogen-bond acceptors (Lipinski definition) is 1. The fraction of sp³-hybridized carbons (Fsp3) is 0.455. The van der Waals surface area contributed by atoms with E-state index < -0.39 is 0 Å². The molecule has 0 aromatic heterocycles. The molecule has 1 heteroatoms. The van der Waals surface area contributed by atoms with E-state index in [4.69, 9.17) is 0 Å². The van der Waals surface area contributed by atoms with Gasteiger partial charge in [-0.1, -0.05) is 54.1 Å². The summed E-state index contributed by atoms with van der Waals surface area (Å²) < 4.78 is 0. The minimum atomic E-state index is 0.643. The monoisotopic (exact) mass is 307 g/mol. The van der Waals surface area contributed by atoms with Gasteiger partial charge in [0.2, 0.25) is 0 Å². The van der Waals surface area contributed by atoms with Gasteiger partial charge in [-0.3, -0.25) is 4.90 Å². The molecule has 0 amide bonds. The predicted molar refractivity (Wildman–Crippen MR) is 99.8 cm³/mol. The SMILES string of the molecule is Cc1ccc(CC/C=C\C2=CCC(N3CCCC3)C=C2)c(C)c1. The van der Waals surface area contributed by atoms with Crippen molar-refractivity contribution < 1.29 is 0 Å². The van der Waals surface area contributed by atoms with Crippen molar-refractivity contribution in [2.45, 2.75) is 52.0 Å². The van der Waals surface area contributed by atoms with E-state index in [1.165, 1.54) is 54.6 Å². The summed E-state index contributed by atoms with van der Waals surface area (Å²) in [4.78, 5) is 2.62. The first-order valence-corrected chi connectivity index (χ1v) is 9.07. The second-order valence-electron chi connectivity index (χ2n) is 6.98. The van der Waals surface area contributed by atoms with Crippen LogP contribution < -0.4 is 0 Å². The van der Waals surface area contributed by atoms with Gasteiger partial charge in [-0.05, 0) is 75.7 Å². The van der Waals surface area contributed by atoms with Gasteiger partial charge in [0.15, 0.2) is 0 Å². The summed E-state index contributed by atoms with van der Waals surface area (Å²) in [7, 11) is 0. The summed E-state index contributed by atoms with van der Waals surface area (Å²) in [6, 6.07) is 7.42. The van der Waals surface area contributed by atoms with Crippen LogP contribution in [0.3, 0.4) is 0 Å². The lowest BCUT2D eigenvalue weighted by molar-refractivity contribution is 0.284. The van der Waals surface area contributed by atoms with Crippen LogP contribution in [-0.4, -0.2) is 24.0 Å². The zero-order valence-electron chi connectivity index (χ0n) is 14.6. The molecule has 0 saturated carbocycles. The highest BCUT2D eigenvalue weighted by Gasteiger charge is 2.19. The molecule has 1 nitrogen and oxygen atoms in total. The molecule has 1 aliphatic heterocycles. The molecule has 1 aromatic carbocycles. The van der Waals surface area contributed by atoms with E-state index in [0.717, 1.165) is 12.8 Å². The minimum Gasteiger partial charge on any atom is -0.297 e. The van der Waals surface area contributed by atoms with Gasteiger partial charge in [-0.2, -0.15) is 0 Å². The van der Waals surface area contributed by atoms with E-state index in [1.54, 1.807) is 0 Å². The third-order valence-electron chi connectivity index (χ3n) is 5.10. The Labute approximate surface area is 141 Å².